The van der Waals surface area contributed by atoms with E-state index in [-0.39, 0.29) is 11.3 Å². The van der Waals surface area contributed by atoms with Gasteiger partial charge in [0.2, 0.25) is 0 Å². The Hall–Kier alpha value is -1.35. The van der Waals surface area contributed by atoms with Crippen LogP contribution in [-0.2, 0) is 11.2 Å². The van der Waals surface area contributed by atoms with Crippen molar-refractivity contribution in [2.75, 3.05) is 20.2 Å². The Balaban J connectivity index is 1.76. The third kappa shape index (κ3) is 2.16. The molecule has 124 valence electrons. The third-order valence-corrected chi connectivity index (χ3v) is 6.51. The first kappa shape index (κ1) is 15.2. The molecule has 3 atom stereocenters. The molecule has 1 aliphatic heterocycles. The van der Waals surface area contributed by atoms with E-state index in [2.05, 4.69) is 30.9 Å². The third-order valence-electron chi connectivity index (χ3n) is 6.51. The molecule has 1 aromatic rings. The summed E-state index contributed by atoms with van der Waals surface area (Å²) in [7, 11) is 1.72. The maximum Gasteiger partial charge on any atom is 0.148 e. The van der Waals surface area contributed by atoms with Gasteiger partial charge in [-0.1, -0.05) is 13.0 Å². The van der Waals surface area contributed by atoms with Crippen LogP contribution in [0.15, 0.2) is 12.1 Å². The van der Waals surface area contributed by atoms with Crippen molar-refractivity contribution in [2.24, 2.45) is 5.41 Å². The van der Waals surface area contributed by atoms with Gasteiger partial charge in [0.05, 0.1) is 7.11 Å². The van der Waals surface area contributed by atoms with Crippen LogP contribution in [-0.4, -0.2) is 36.9 Å². The molecule has 3 nitrogen and oxygen atoms in total. The van der Waals surface area contributed by atoms with Crippen molar-refractivity contribution < 1.29 is 9.53 Å². The van der Waals surface area contributed by atoms with Crippen molar-refractivity contribution >= 4 is 5.78 Å². The van der Waals surface area contributed by atoms with Gasteiger partial charge in [0.1, 0.15) is 11.5 Å². The molecule has 0 amide bonds. The lowest BCUT2D eigenvalue weighted by Gasteiger charge is -2.50. The van der Waals surface area contributed by atoms with Gasteiger partial charge in [0.15, 0.2) is 0 Å². The van der Waals surface area contributed by atoms with E-state index < -0.39 is 0 Å². The molecule has 1 unspecified atom stereocenters. The Morgan fingerprint density at radius 1 is 1.22 bits per heavy atom. The number of ketones is 1. The second-order valence-electron chi connectivity index (χ2n) is 7.87. The van der Waals surface area contributed by atoms with E-state index in [0.717, 1.165) is 25.0 Å². The Morgan fingerprint density at radius 2 is 1.96 bits per heavy atom. The number of benzene rings is 1. The smallest absolute Gasteiger partial charge is 0.148 e. The first-order valence-electron chi connectivity index (χ1n) is 9.00. The van der Waals surface area contributed by atoms with Gasteiger partial charge in [-0.15, -0.1) is 0 Å². The van der Waals surface area contributed by atoms with Crippen molar-refractivity contribution in [3.63, 3.8) is 0 Å². The van der Waals surface area contributed by atoms with Crippen LogP contribution in [0, 0.1) is 12.3 Å². The summed E-state index contributed by atoms with van der Waals surface area (Å²) in [5.41, 5.74) is 3.58. The van der Waals surface area contributed by atoms with Crippen molar-refractivity contribution in [2.45, 2.75) is 57.9 Å². The highest BCUT2D eigenvalue weighted by Crippen LogP contribution is 2.51. The molecule has 0 aromatic heterocycles. The SMILES string of the molecule is COc1cc2c(cc1C)C[C@]1(C)C(=O)[C@H]2CCC1N1CCCC1. The largest absolute Gasteiger partial charge is 0.496 e. The molecular formula is C20H27NO2. The summed E-state index contributed by atoms with van der Waals surface area (Å²) in [6.07, 6.45) is 5.62. The lowest BCUT2D eigenvalue weighted by atomic mass is 9.57. The van der Waals surface area contributed by atoms with Crippen LogP contribution in [0.1, 0.15) is 55.2 Å². The van der Waals surface area contributed by atoms with Gasteiger partial charge in [-0.25, -0.2) is 0 Å². The topological polar surface area (TPSA) is 29.5 Å². The highest BCUT2D eigenvalue weighted by Gasteiger charge is 2.53. The molecule has 4 rings (SSSR count). The van der Waals surface area contributed by atoms with Gasteiger partial charge in [-0.05, 0) is 74.9 Å². The fourth-order valence-electron chi connectivity index (χ4n) is 5.33. The summed E-state index contributed by atoms with van der Waals surface area (Å²) in [6, 6.07) is 4.82. The van der Waals surface area contributed by atoms with E-state index in [1.165, 1.54) is 42.6 Å². The normalized spacial score (nSPS) is 33.6. The molecule has 2 aliphatic carbocycles. The molecule has 3 heteroatoms. The lowest BCUT2D eigenvalue weighted by molar-refractivity contribution is -0.138. The van der Waals surface area contributed by atoms with Gasteiger partial charge in [0.25, 0.3) is 0 Å². The molecule has 23 heavy (non-hydrogen) atoms. The van der Waals surface area contributed by atoms with Crippen molar-refractivity contribution in [1.29, 1.82) is 0 Å². The molecule has 0 radical (unpaired) electrons. The zero-order valence-corrected chi connectivity index (χ0v) is 14.5. The number of Topliss-reactive ketones (excluding diaryl/α,β-unsaturated/α-hetero) is 1. The van der Waals surface area contributed by atoms with Crippen molar-refractivity contribution in [3.8, 4) is 5.75 Å². The Kier molecular flexibility index (Phi) is 3.53. The average Bonchev–Trinajstić information content (AvgIpc) is 3.03. The van der Waals surface area contributed by atoms with E-state index in [4.69, 9.17) is 4.74 Å². The Bertz CT molecular complexity index is 647. The van der Waals surface area contributed by atoms with Crippen molar-refractivity contribution in [1.82, 2.24) is 4.90 Å². The lowest BCUT2D eigenvalue weighted by Crippen LogP contribution is -2.57. The van der Waals surface area contributed by atoms with Crippen LogP contribution >= 0.6 is 0 Å². The highest BCUT2D eigenvalue weighted by atomic mass is 16.5. The van der Waals surface area contributed by atoms with E-state index in [0.29, 0.717) is 11.8 Å². The van der Waals surface area contributed by atoms with Crippen LogP contribution in [0.25, 0.3) is 0 Å². The van der Waals surface area contributed by atoms with E-state index >= 15 is 0 Å². The molecule has 2 fully saturated rings. The molecule has 1 saturated heterocycles. The molecule has 2 bridgehead atoms. The molecule has 3 aliphatic rings. The van der Waals surface area contributed by atoms with Gasteiger partial charge in [0, 0.05) is 17.4 Å². The zero-order valence-electron chi connectivity index (χ0n) is 14.5. The van der Waals surface area contributed by atoms with Crippen LogP contribution in [0.5, 0.6) is 5.75 Å². The summed E-state index contributed by atoms with van der Waals surface area (Å²) in [5.74, 6) is 1.47. The first-order valence-corrected chi connectivity index (χ1v) is 9.00. The predicted octanol–water partition coefficient (Wildman–Crippen LogP) is 3.48. The first-order chi connectivity index (χ1) is 11.0. The fourth-order valence-corrected chi connectivity index (χ4v) is 5.33. The number of nitrogens with zero attached hydrogens (tertiary/aromatic N) is 1. The minimum atomic E-state index is -0.207. The van der Waals surface area contributed by atoms with Gasteiger partial charge < -0.3 is 4.74 Å². The monoisotopic (exact) mass is 313 g/mol. The average molecular weight is 313 g/mol. The Morgan fingerprint density at radius 3 is 2.65 bits per heavy atom. The number of fused-ring (bicyclic) bond motifs is 4. The summed E-state index contributed by atoms with van der Waals surface area (Å²) in [4.78, 5) is 15.9. The minimum absolute atomic E-state index is 0.0807. The van der Waals surface area contributed by atoms with Gasteiger partial charge in [-0.2, -0.15) is 0 Å². The van der Waals surface area contributed by atoms with E-state index in [9.17, 15) is 4.79 Å². The molecule has 1 saturated carbocycles. The van der Waals surface area contributed by atoms with Crippen LogP contribution < -0.4 is 4.74 Å². The zero-order chi connectivity index (χ0) is 16.2. The summed E-state index contributed by atoms with van der Waals surface area (Å²) in [6.45, 7) is 6.68. The molecule has 1 heterocycles. The van der Waals surface area contributed by atoms with Gasteiger partial charge >= 0.3 is 0 Å². The number of likely N-dealkylation sites (tertiary alicyclic amines) is 1. The minimum Gasteiger partial charge on any atom is -0.496 e. The molecular weight excluding hydrogens is 286 g/mol. The Labute approximate surface area is 139 Å². The van der Waals surface area contributed by atoms with Crippen LogP contribution in [0.4, 0.5) is 0 Å². The molecule has 0 N–H and O–H groups in total. The summed E-state index contributed by atoms with van der Waals surface area (Å²) in [5, 5.41) is 0. The summed E-state index contributed by atoms with van der Waals surface area (Å²) >= 11 is 0. The predicted molar refractivity (Wildman–Crippen MR) is 91.1 cm³/mol. The highest BCUT2D eigenvalue weighted by molar-refractivity contribution is 5.94. The number of methoxy groups -OCH3 is 1. The second kappa shape index (κ2) is 5.34. The quantitative estimate of drug-likeness (QED) is 0.837. The summed E-state index contributed by atoms with van der Waals surface area (Å²) < 4.78 is 5.49. The number of ether oxygens (including phenoxy) is 1. The number of hydrogen-bond acceptors (Lipinski definition) is 3. The maximum absolute atomic E-state index is 13.3. The standard InChI is InChI=1S/C20H27NO2/c1-13-10-14-12-20(2)18(21-8-4-5-9-21)7-6-15(19(20)22)16(14)11-17(13)23-3/h10-11,15,18H,4-9,12H2,1-3H3/t15-,18?,20-/m0/s1. The fraction of sp³-hybridized carbons (Fsp3) is 0.650. The maximum atomic E-state index is 13.3. The van der Waals surface area contributed by atoms with E-state index in [1.54, 1.807) is 7.11 Å². The number of carbonyl (C=O) groups is 1. The molecule has 0 spiro atoms. The number of carbonyl (C=O) groups excluding carboxylic acids is 1. The number of rotatable bonds is 2. The van der Waals surface area contributed by atoms with E-state index in [1.807, 2.05) is 0 Å². The second-order valence-corrected chi connectivity index (χ2v) is 7.87. The molecule has 1 aromatic carbocycles. The van der Waals surface area contributed by atoms with Gasteiger partial charge in [-0.3, -0.25) is 9.69 Å². The van der Waals surface area contributed by atoms with Crippen LogP contribution in [0.2, 0.25) is 0 Å². The van der Waals surface area contributed by atoms with Crippen LogP contribution in [0.3, 0.4) is 0 Å². The van der Waals surface area contributed by atoms with Crippen molar-refractivity contribution in [3.05, 3.63) is 28.8 Å². The number of hydrogen-bond donors (Lipinski definition) is 0. The number of aryl methyl sites for hydroxylation is 1.